The SMILES string of the molecule is N#CC1=CC(O)C(O)C(CO)O1. The molecule has 0 saturated heterocycles. The fourth-order valence-corrected chi connectivity index (χ4v) is 0.955. The Balaban J connectivity index is 2.77. The van der Waals surface area contributed by atoms with Crippen molar-refractivity contribution in [3.63, 3.8) is 0 Å². The van der Waals surface area contributed by atoms with Crippen LogP contribution in [0.2, 0.25) is 0 Å². The number of allylic oxidation sites excluding steroid dienone is 1. The molecular weight excluding hydrogens is 162 g/mol. The molecule has 0 radical (unpaired) electrons. The molecule has 1 heterocycles. The second kappa shape index (κ2) is 3.54. The quantitative estimate of drug-likeness (QED) is 0.446. The first-order chi connectivity index (χ1) is 5.69. The average Bonchev–Trinajstić information content (AvgIpc) is 2.09. The van der Waals surface area contributed by atoms with Crippen molar-refractivity contribution < 1.29 is 20.1 Å². The minimum Gasteiger partial charge on any atom is -0.475 e. The van der Waals surface area contributed by atoms with Crippen molar-refractivity contribution >= 4 is 0 Å². The number of nitriles is 1. The molecule has 0 aliphatic carbocycles. The predicted octanol–water partition coefficient (Wildman–Crippen LogP) is -1.49. The highest BCUT2D eigenvalue weighted by Gasteiger charge is 2.31. The number of aliphatic hydroxyl groups excluding tert-OH is 3. The molecule has 3 N–H and O–H groups in total. The number of nitrogens with zero attached hydrogens (tertiary/aromatic N) is 1. The van der Waals surface area contributed by atoms with E-state index >= 15 is 0 Å². The smallest absolute Gasteiger partial charge is 0.196 e. The van der Waals surface area contributed by atoms with Gasteiger partial charge in [0.05, 0.1) is 6.61 Å². The summed E-state index contributed by atoms with van der Waals surface area (Å²) < 4.78 is 4.81. The van der Waals surface area contributed by atoms with Gasteiger partial charge in [-0.25, -0.2) is 0 Å². The van der Waals surface area contributed by atoms with Crippen molar-refractivity contribution in [2.24, 2.45) is 0 Å². The van der Waals surface area contributed by atoms with Gasteiger partial charge in [-0.15, -0.1) is 0 Å². The lowest BCUT2D eigenvalue weighted by molar-refractivity contribution is -0.0870. The van der Waals surface area contributed by atoms with Crippen molar-refractivity contribution in [2.45, 2.75) is 18.3 Å². The maximum absolute atomic E-state index is 9.16. The van der Waals surface area contributed by atoms with Gasteiger partial charge in [0.1, 0.15) is 18.3 Å². The van der Waals surface area contributed by atoms with E-state index in [9.17, 15) is 0 Å². The topological polar surface area (TPSA) is 93.7 Å². The number of aliphatic hydroxyl groups is 3. The minimum atomic E-state index is -1.17. The van der Waals surface area contributed by atoms with Gasteiger partial charge in [-0.05, 0) is 6.08 Å². The van der Waals surface area contributed by atoms with Gasteiger partial charge in [-0.1, -0.05) is 0 Å². The lowest BCUT2D eigenvalue weighted by Gasteiger charge is -2.28. The third-order valence-electron chi connectivity index (χ3n) is 1.62. The van der Waals surface area contributed by atoms with E-state index in [2.05, 4.69) is 0 Å². The summed E-state index contributed by atoms with van der Waals surface area (Å²) in [5.41, 5.74) is 0. The van der Waals surface area contributed by atoms with Gasteiger partial charge in [-0.2, -0.15) is 5.26 Å². The monoisotopic (exact) mass is 171 g/mol. The zero-order valence-electron chi connectivity index (χ0n) is 6.21. The molecule has 0 saturated carbocycles. The molecule has 5 heteroatoms. The first kappa shape index (κ1) is 9.00. The van der Waals surface area contributed by atoms with Crippen LogP contribution in [0.1, 0.15) is 0 Å². The van der Waals surface area contributed by atoms with Crippen LogP contribution in [-0.2, 0) is 4.74 Å². The van der Waals surface area contributed by atoms with E-state index in [4.69, 9.17) is 25.3 Å². The summed E-state index contributed by atoms with van der Waals surface area (Å²) in [6.45, 7) is -0.433. The maximum atomic E-state index is 9.16. The first-order valence-electron chi connectivity index (χ1n) is 3.44. The highest BCUT2D eigenvalue weighted by molar-refractivity contribution is 5.19. The van der Waals surface area contributed by atoms with Crippen LogP contribution in [0.25, 0.3) is 0 Å². The molecule has 3 unspecified atom stereocenters. The number of ether oxygens (including phenoxy) is 1. The van der Waals surface area contributed by atoms with Crippen LogP contribution >= 0.6 is 0 Å². The Hall–Kier alpha value is -1.09. The molecule has 0 spiro atoms. The van der Waals surface area contributed by atoms with Gasteiger partial charge < -0.3 is 20.1 Å². The molecule has 0 aromatic rings. The molecule has 1 aliphatic heterocycles. The fraction of sp³-hybridized carbons (Fsp3) is 0.571. The zero-order valence-corrected chi connectivity index (χ0v) is 6.21. The van der Waals surface area contributed by atoms with Crippen molar-refractivity contribution in [1.29, 1.82) is 5.26 Å². The Bertz CT molecular complexity index is 232. The Kier molecular flexibility index (Phi) is 2.65. The van der Waals surface area contributed by atoms with Crippen LogP contribution < -0.4 is 0 Å². The van der Waals surface area contributed by atoms with Gasteiger partial charge in [0.15, 0.2) is 11.9 Å². The summed E-state index contributed by atoms with van der Waals surface area (Å²) in [7, 11) is 0. The molecule has 0 fully saturated rings. The van der Waals surface area contributed by atoms with Crippen molar-refractivity contribution in [2.75, 3.05) is 6.61 Å². The summed E-state index contributed by atoms with van der Waals surface area (Å²) >= 11 is 0. The van der Waals surface area contributed by atoms with Gasteiger partial charge in [0, 0.05) is 0 Å². The maximum Gasteiger partial charge on any atom is 0.196 e. The van der Waals surface area contributed by atoms with E-state index in [-0.39, 0.29) is 5.76 Å². The normalized spacial score (nSPS) is 34.8. The van der Waals surface area contributed by atoms with Crippen molar-refractivity contribution in [3.8, 4) is 6.07 Å². The number of hydrogen-bond donors (Lipinski definition) is 3. The summed E-state index contributed by atoms with van der Waals surface area (Å²) in [6.07, 6.45) is -2.13. The van der Waals surface area contributed by atoms with E-state index in [1.807, 2.05) is 0 Å². The van der Waals surface area contributed by atoms with Gasteiger partial charge in [-0.3, -0.25) is 0 Å². The Morgan fingerprint density at radius 1 is 1.58 bits per heavy atom. The molecule has 0 amide bonds. The highest BCUT2D eigenvalue weighted by atomic mass is 16.5. The van der Waals surface area contributed by atoms with Crippen LogP contribution in [-0.4, -0.2) is 40.2 Å². The summed E-state index contributed by atoms with van der Waals surface area (Å²) in [6, 6.07) is 1.68. The largest absolute Gasteiger partial charge is 0.475 e. The third kappa shape index (κ3) is 1.56. The molecular formula is C7H9NO4. The first-order valence-corrected chi connectivity index (χ1v) is 3.44. The second-order valence-electron chi connectivity index (χ2n) is 2.46. The average molecular weight is 171 g/mol. The van der Waals surface area contributed by atoms with E-state index < -0.39 is 24.9 Å². The second-order valence-corrected chi connectivity index (χ2v) is 2.46. The molecule has 0 aromatic heterocycles. The summed E-state index contributed by atoms with van der Waals surface area (Å²) in [4.78, 5) is 0. The van der Waals surface area contributed by atoms with E-state index in [0.29, 0.717) is 0 Å². The Morgan fingerprint density at radius 3 is 2.75 bits per heavy atom. The predicted molar refractivity (Wildman–Crippen MR) is 37.7 cm³/mol. The van der Waals surface area contributed by atoms with E-state index in [0.717, 1.165) is 6.08 Å². The molecule has 0 aromatic carbocycles. The summed E-state index contributed by atoms with van der Waals surface area (Å²) in [5.74, 6) is -0.0770. The molecule has 3 atom stereocenters. The van der Waals surface area contributed by atoms with Crippen LogP contribution in [0.15, 0.2) is 11.8 Å². The Labute approximate surface area is 69.1 Å². The fourth-order valence-electron chi connectivity index (χ4n) is 0.955. The van der Waals surface area contributed by atoms with E-state index in [1.54, 1.807) is 6.07 Å². The van der Waals surface area contributed by atoms with Crippen LogP contribution in [0.3, 0.4) is 0 Å². The van der Waals surface area contributed by atoms with Crippen LogP contribution in [0.5, 0.6) is 0 Å². The number of rotatable bonds is 1. The Morgan fingerprint density at radius 2 is 2.25 bits per heavy atom. The lowest BCUT2D eigenvalue weighted by atomic mass is 10.1. The molecule has 5 nitrogen and oxygen atoms in total. The minimum absolute atomic E-state index is 0.0770. The number of hydrogen-bond acceptors (Lipinski definition) is 5. The highest BCUT2D eigenvalue weighted by Crippen LogP contribution is 2.16. The molecule has 1 rings (SSSR count). The molecule has 1 aliphatic rings. The van der Waals surface area contributed by atoms with Crippen molar-refractivity contribution in [1.82, 2.24) is 0 Å². The molecule has 12 heavy (non-hydrogen) atoms. The molecule has 66 valence electrons. The van der Waals surface area contributed by atoms with E-state index in [1.165, 1.54) is 0 Å². The zero-order chi connectivity index (χ0) is 9.14. The standard InChI is InChI=1S/C7H9NO4/c8-2-4-1-5(10)7(11)6(3-9)12-4/h1,5-7,9-11H,3H2. The van der Waals surface area contributed by atoms with Gasteiger partial charge in [0.25, 0.3) is 0 Å². The summed E-state index contributed by atoms with van der Waals surface area (Å²) in [5, 5.41) is 35.3. The van der Waals surface area contributed by atoms with Gasteiger partial charge in [0.2, 0.25) is 0 Å². The van der Waals surface area contributed by atoms with Crippen LogP contribution in [0, 0.1) is 11.3 Å². The lowest BCUT2D eigenvalue weighted by Crippen LogP contribution is -2.43. The van der Waals surface area contributed by atoms with Gasteiger partial charge >= 0.3 is 0 Å². The third-order valence-corrected chi connectivity index (χ3v) is 1.62. The molecule has 0 bridgehead atoms. The van der Waals surface area contributed by atoms with Crippen molar-refractivity contribution in [3.05, 3.63) is 11.8 Å². The van der Waals surface area contributed by atoms with Crippen LogP contribution in [0.4, 0.5) is 0 Å².